The van der Waals surface area contributed by atoms with Gasteiger partial charge in [0.2, 0.25) is 5.91 Å². The number of fused-ring (bicyclic) bond motifs is 1. The van der Waals surface area contributed by atoms with Crippen molar-refractivity contribution in [1.82, 2.24) is 9.55 Å². The predicted octanol–water partition coefficient (Wildman–Crippen LogP) is 6.51. The number of benzene rings is 2. The third-order valence-corrected chi connectivity index (χ3v) is 5.55. The molecule has 1 unspecified atom stereocenters. The topological polar surface area (TPSA) is 46.9 Å². The van der Waals surface area contributed by atoms with E-state index in [-0.39, 0.29) is 20.9 Å². The fourth-order valence-corrected chi connectivity index (χ4v) is 4.23. The van der Waals surface area contributed by atoms with Crippen molar-refractivity contribution in [2.45, 2.75) is 23.9 Å². The maximum atomic E-state index is 13.5. The summed E-state index contributed by atoms with van der Waals surface area (Å²) in [5, 5.41) is 2.60. The number of alkyl halides is 2. The van der Waals surface area contributed by atoms with Crippen LogP contribution in [0.25, 0.3) is 11.0 Å². The summed E-state index contributed by atoms with van der Waals surface area (Å²) in [6.45, 7) is -1.21. The van der Waals surface area contributed by atoms with E-state index in [0.717, 1.165) is 16.3 Å². The van der Waals surface area contributed by atoms with Crippen LogP contribution in [0.1, 0.15) is 13.5 Å². The normalized spacial score (nSPS) is 12.6. The maximum Gasteiger partial charge on any atom is 0.321 e. The first kappa shape index (κ1) is 20.2. The molecule has 0 saturated carbocycles. The highest BCUT2D eigenvalue weighted by atomic mass is 35.5. The highest BCUT2D eigenvalue weighted by Crippen LogP contribution is 2.35. The van der Waals surface area contributed by atoms with Gasteiger partial charge in [-0.3, -0.25) is 9.36 Å². The number of thioether (sulfide) groups is 1. The van der Waals surface area contributed by atoms with Gasteiger partial charge in [-0.2, -0.15) is 8.78 Å². The number of anilines is 1. The lowest BCUT2D eigenvalue weighted by molar-refractivity contribution is -0.115. The summed E-state index contributed by atoms with van der Waals surface area (Å²) in [7, 11) is 0. The Kier molecular flexibility index (Phi) is 6.15. The summed E-state index contributed by atoms with van der Waals surface area (Å²) in [6, 6.07) is 9.43. The summed E-state index contributed by atoms with van der Waals surface area (Å²) in [5.41, 5.74) is 0.936. The van der Waals surface area contributed by atoms with E-state index in [9.17, 15) is 13.6 Å². The molecule has 0 saturated heterocycles. The molecule has 0 bridgehead atoms. The zero-order valence-electron chi connectivity index (χ0n) is 13.7. The van der Waals surface area contributed by atoms with Gasteiger partial charge in [-0.1, -0.05) is 58.7 Å². The minimum atomic E-state index is -2.78. The van der Waals surface area contributed by atoms with Crippen LogP contribution in [0.5, 0.6) is 0 Å². The summed E-state index contributed by atoms with van der Waals surface area (Å²) in [6.07, 6.45) is 0. The summed E-state index contributed by atoms with van der Waals surface area (Å²) < 4.78 is 27.8. The predicted molar refractivity (Wildman–Crippen MR) is 106 cm³/mol. The number of hydrogen-bond acceptors (Lipinski definition) is 3. The Bertz CT molecular complexity index is 989. The van der Waals surface area contributed by atoms with Crippen molar-refractivity contribution in [2.24, 2.45) is 0 Å². The second-order valence-electron chi connectivity index (χ2n) is 5.52. The van der Waals surface area contributed by atoms with Crippen molar-refractivity contribution < 1.29 is 13.6 Å². The van der Waals surface area contributed by atoms with Crippen molar-refractivity contribution in [3.8, 4) is 0 Å². The molecule has 1 amide bonds. The van der Waals surface area contributed by atoms with Crippen molar-refractivity contribution in [1.29, 1.82) is 0 Å². The van der Waals surface area contributed by atoms with E-state index in [1.807, 2.05) is 0 Å². The maximum absolute atomic E-state index is 13.5. The van der Waals surface area contributed by atoms with Crippen LogP contribution in [0, 0.1) is 0 Å². The van der Waals surface area contributed by atoms with Crippen LogP contribution in [0.4, 0.5) is 14.5 Å². The number of aromatic nitrogens is 2. The molecular weight excluding hydrogens is 439 g/mol. The van der Waals surface area contributed by atoms with Gasteiger partial charge in [0.15, 0.2) is 5.16 Å². The molecule has 0 spiro atoms. The van der Waals surface area contributed by atoms with Crippen LogP contribution < -0.4 is 5.32 Å². The first-order chi connectivity index (χ1) is 12.8. The largest absolute Gasteiger partial charge is 0.323 e. The molecule has 1 heterocycles. The van der Waals surface area contributed by atoms with Crippen LogP contribution in [0.2, 0.25) is 15.1 Å². The van der Waals surface area contributed by atoms with Gasteiger partial charge in [-0.15, -0.1) is 0 Å². The van der Waals surface area contributed by atoms with Crippen LogP contribution in [0.15, 0.2) is 41.6 Å². The number of carbonyl (C=O) groups is 1. The van der Waals surface area contributed by atoms with Crippen molar-refractivity contribution >= 4 is 69.2 Å². The van der Waals surface area contributed by atoms with Crippen LogP contribution in [-0.2, 0) is 4.79 Å². The van der Waals surface area contributed by atoms with Crippen LogP contribution in [0.3, 0.4) is 0 Å². The number of imidazole rings is 1. The van der Waals surface area contributed by atoms with E-state index < -0.39 is 17.7 Å². The van der Waals surface area contributed by atoms with Crippen LogP contribution >= 0.6 is 46.6 Å². The lowest BCUT2D eigenvalue weighted by atomic mass is 10.3. The molecule has 3 rings (SSSR count). The fourth-order valence-electron chi connectivity index (χ4n) is 2.39. The Balaban J connectivity index is 1.83. The fraction of sp³-hybridized carbons (Fsp3) is 0.176. The average Bonchev–Trinajstić information content (AvgIpc) is 2.95. The van der Waals surface area contributed by atoms with Crippen LogP contribution in [-0.4, -0.2) is 20.7 Å². The Morgan fingerprint density at radius 2 is 1.81 bits per heavy atom. The molecule has 0 fully saturated rings. The minimum Gasteiger partial charge on any atom is -0.323 e. The van der Waals surface area contributed by atoms with Gasteiger partial charge < -0.3 is 5.32 Å². The van der Waals surface area contributed by atoms with Gasteiger partial charge in [0.25, 0.3) is 0 Å². The average molecular weight is 451 g/mol. The van der Waals surface area contributed by atoms with E-state index in [0.29, 0.717) is 16.1 Å². The van der Waals surface area contributed by atoms with E-state index in [1.165, 1.54) is 12.1 Å². The van der Waals surface area contributed by atoms with Gasteiger partial charge in [0.05, 0.1) is 32.0 Å². The molecule has 1 atom stereocenters. The number of amides is 1. The first-order valence-corrected chi connectivity index (χ1v) is 9.66. The summed E-state index contributed by atoms with van der Waals surface area (Å²) in [4.78, 5) is 16.7. The van der Waals surface area contributed by atoms with Gasteiger partial charge >= 0.3 is 6.55 Å². The van der Waals surface area contributed by atoms with Gasteiger partial charge in [-0.25, -0.2) is 4.98 Å². The Labute approximate surface area is 172 Å². The van der Waals surface area contributed by atoms with Crippen molar-refractivity contribution in [3.63, 3.8) is 0 Å². The monoisotopic (exact) mass is 449 g/mol. The molecule has 1 N–H and O–H groups in total. The molecule has 142 valence electrons. The van der Waals surface area contributed by atoms with Gasteiger partial charge in [-0.05, 0) is 31.2 Å². The minimum absolute atomic E-state index is 0.0437. The third kappa shape index (κ3) is 4.32. The zero-order chi connectivity index (χ0) is 19.7. The highest BCUT2D eigenvalue weighted by Gasteiger charge is 2.24. The van der Waals surface area contributed by atoms with Gasteiger partial charge in [0.1, 0.15) is 0 Å². The molecule has 1 aromatic heterocycles. The number of halogens is 5. The Hall–Kier alpha value is -1.54. The highest BCUT2D eigenvalue weighted by molar-refractivity contribution is 8.00. The summed E-state index contributed by atoms with van der Waals surface area (Å²) >= 11 is 18.9. The lowest BCUT2D eigenvalue weighted by Gasteiger charge is -2.15. The molecule has 0 aliphatic heterocycles. The van der Waals surface area contributed by atoms with E-state index in [1.54, 1.807) is 31.2 Å². The Morgan fingerprint density at radius 1 is 1.19 bits per heavy atom. The number of para-hydroxylation sites is 2. The first-order valence-electron chi connectivity index (χ1n) is 7.65. The standard InChI is InChI=1S/C17H12Cl3F2N3OS/c1-8(15(26)24-14-10(19)6-9(18)7-11(14)20)27-17-23-12-4-2-3-5-13(12)25(17)16(21)22/h2-8,16H,1H3,(H,24,26). The molecular formula is C17H12Cl3F2N3OS. The van der Waals surface area contributed by atoms with E-state index in [2.05, 4.69) is 10.3 Å². The smallest absolute Gasteiger partial charge is 0.321 e. The molecule has 0 aliphatic carbocycles. The molecule has 27 heavy (non-hydrogen) atoms. The SMILES string of the molecule is CC(Sc1nc2ccccc2n1C(F)F)C(=O)Nc1c(Cl)cc(Cl)cc1Cl. The molecule has 10 heteroatoms. The number of nitrogens with one attached hydrogen (secondary N) is 1. The molecule has 3 aromatic rings. The molecule has 0 radical (unpaired) electrons. The number of nitrogens with zero attached hydrogens (tertiary/aromatic N) is 2. The van der Waals surface area contributed by atoms with E-state index >= 15 is 0 Å². The summed E-state index contributed by atoms with van der Waals surface area (Å²) in [5.74, 6) is -0.459. The Morgan fingerprint density at radius 3 is 2.44 bits per heavy atom. The zero-order valence-corrected chi connectivity index (χ0v) is 16.8. The van der Waals surface area contributed by atoms with Crippen molar-refractivity contribution in [2.75, 3.05) is 5.32 Å². The second-order valence-corrected chi connectivity index (χ2v) is 8.08. The molecule has 0 aliphatic rings. The lowest BCUT2D eigenvalue weighted by Crippen LogP contribution is -2.23. The van der Waals surface area contributed by atoms with Crippen molar-refractivity contribution in [3.05, 3.63) is 51.5 Å². The third-order valence-electron chi connectivity index (χ3n) is 3.67. The number of hydrogen-bond donors (Lipinski definition) is 1. The number of carbonyl (C=O) groups excluding carboxylic acids is 1. The molecule has 4 nitrogen and oxygen atoms in total. The van der Waals surface area contributed by atoms with E-state index in [4.69, 9.17) is 34.8 Å². The second kappa shape index (κ2) is 8.22. The van der Waals surface area contributed by atoms with Gasteiger partial charge in [0, 0.05) is 5.02 Å². The quantitative estimate of drug-likeness (QED) is 0.451. The molecule has 2 aromatic carbocycles. The number of rotatable bonds is 5.